The van der Waals surface area contributed by atoms with E-state index in [0.717, 1.165) is 18.9 Å². The lowest BCUT2D eigenvalue weighted by molar-refractivity contribution is -0.138. The number of ether oxygens (including phenoxy) is 1. The summed E-state index contributed by atoms with van der Waals surface area (Å²) in [4.78, 5) is 18.6. The zero-order valence-corrected chi connectivity index (χ0v) is 17.2. The molecule has 0 spiro atoms. The second-order valence-electron chi connectivity index (χ2n) is 7.75. The molecular formula is C21H27F3N4O2. The molecule has 9 heteroatoms. The largest absolute Gasteiger partial charge is 0.416 e. The topological polar surface area (TPSA) is 59.4 Å². The molecule has 0 aliphatic carbocycles. The highest BCUT2D eigenvalue weighted by Gasteiger charge is 2.33. The molecule has 30 heavy (non-hydrogen) atoms. The Kier molecular flexibility index (Phi) is 7.02. The number of imidazole rings is 1. The SMILES string of the molecule is CC(C)NC(=O)N(Cc1nccn1Cc1ccccc1C(F)(F)F)CC1CCCO1. The van der Waals surface area contributed by atoms with E-state index in [-0.39, 0.29) is 36.8 Å². The zero-order chi connectivity index (χ0) is 21.7. The van der Waals surface area contributed by atoms with Crippen molar-refractivity contribution in [1.29, 1.82) is 0 Å². The monoisotopic (exact) mass is 424 g/mol. The first-order chi connectivity index (χ1) is 14.2. The standard InChI is InChI=1S/C21H27F3N4O2/c1-15(2)26-20(29)28(13-17-7-5-11-30-17)14-19-25-9-10-27(19)12-16-6-3-4-8-18(16)21(22,23)24/h3-4,6,8-10,15,17H,5,7,11-14H2,1-2H3,(H,26,29). The molecule has 2 aromatic rings. The number of benzene rings is 1. The molecule has 3 rings (SSSR count). The van der Waals surface area contributed by atoms with E-state index in [0.29, 0.717) is 19.0 Å². The molecule has 2 amide bonds. The minimum absolute atomic E-state index is 0.0184. The van der Waals surface area contributed by atoms with Crippen LogP contribution in [0, 0.1) is 0 Å². The third kappa shape index (κ3) is 5.75. The van der Waals surface area contributed by atoms with Crippen LogP contribution in [0.5, 0.6) is 0 Å². The molecule has 1 saturated heterocycles. The van der Waals surface area contributed by atoms with E-state index in [2.05, 4.69) is 10.3 Å². The van der Waals surface area contributed by atoms with Gasteiger partial charge in [-0.25, -0.2) is 9.78 Å². The van der Waals surface area contributed by atoms with Crippen LogP contribution in [0.1, 0.15) is 43.6 Å². The highest BCUT2D eigenvalue weighted by molar-refractivity contribution is 5.74. The second-order valence-corrected chi connectivity index (χ2v) is 7.75. The number of carbonyl (C=O) groups excluding carboxylic acids is 1. The Morgan fingerprint density at radius 2 is 2.13 bits per heavy atom. The van der Waals surface area contributed by atoms with Crippen molar-refractivity contribution in [2.24, 2.45) is 0 Å². The van der Waals surface area contributed by atoms with E-state index in [4.69, 9.17) is 4.74 Å². The summed E-state index contributed by atoms with van der Waals surface area (Å²) in [6, 6.07) is 5.21. The number of hydrogen-bond acceptors (Lipinski definition) is 3. The average molecular weight is 424 g/mol. The van der Waals surface area contributed by atoms with Crippen molar-refractivity contribution in [3.05, 3.63) is 53.6 Å². The normalized spacial score (nSPS) is 16.8. The molecule has 1 unspecified atom stereocenters. The highest BCUT2D eigenvalue weighted by atomic mass is 19.4. The van der Waals surface area contributed by atoms with Crippen LogP contribution >= 0.6 is 0 Å². The van der Waals surface area contributed by atoms with E-state index >= 15 is 0 Å². The number of carbonyl (C=O) groups is 1. The van der Waals surface area contributed by atoms with E-state index < -0.39 is 11.7 Å². The average Bonchev–Trinajstić information content (AvgIpc) is 3.32. The molecule has 1 atom stereocenters. The van der Waals surface area contributed by atoms with Gasteiger partial charge >= 0.3 is 12.2 Å². The van der Waals surface area contributed by atoms with Gasteiger partial charge in [0.15, 0.2) is 0 Å². The fourth-order valence-corrected chi connectivity index (χ4v) is 3.52. The Balaban J connectivity index is 1.79. The first-order valence-electron chi connectivity index (χ1n) is 10.1. The number of urea groups is 1. The molecule has 1 aliphatic heterocycles. The van der Waals surface area contributed by atoms with Crippen LogP contribution in [0.25, 0.3) is 0 Å². The van der Waals surface area contributed by atoms with Crippen molar-refractivity contribution >= 4 is 6.03 Å². The van der Waals surface area contributed by atoms with Crippen molar-refractivity contribution in [2.75, 3.05) is 13.2 Å². The highest BCUT2D eigenvalue weighted by Crippen LogP contribution is 2.32. The number of amides is 2. The van der Waals surface area contributed by atoms with Crippen molar-refractivity contribution in [3.63, 3.8) is 0 Å². The predicted octanol–water partition coefficient (Wildman–Crippen LogP) is 4.05. The lowest BCUT2D eigenvalue weighted by Gasteiger charge is -2.27. The Morgan fingerprint density at radius 1 is 1.37 bits per heavy atom. The molecule has 1 N–H and O–H groups in total. The summed E-state index contributed by atoms with van der Waals surface area (Å²) in [6.07, 6.45) is 0.521. The van der Waals surface area contributed by atoms with Crippen LogP contribution in [0.2, 0.25) is 0 Å². The summed E-state index contributed by atoms with van der Waals surface area (Å²) >= 11 is 0. The van der Waals surface area contributed by atoms with Gasteiger partial charge in [-0.1, -0.05) is 18.2 Å². The third-order valence-corrected chi connectivity index (χ3v) is 4.94. The maximum atomic E-state index is 13.3. The number of rotatable bonds is 7. The van der Waals surface area contributed by atoms with Crippen molar-refractivity contribution in [1.82, 2.24) is 19.8 Å². The van der Waals surface area contributed by atoms with Crippen LogP contribution in [0.3, 0.4) is 0 Å². The molecule has 1 fully saturated rings. The van der Waals surface area contributed by atoms with Gasteiger partial charge < -0.3 is 19.5 Å². The smallest absolute Gasteiger partial charge is 0.376 e. The van der Waals surface area contributed by atoms with Gasteiger partial charge in [-0.2, -0.15) is 13.2 Å². The minimum Gasteiger partial charge on any atom is -0.376 e. The number of aromatic nitrogens is 2. The van der Waals surface area contributed by atoms with E-state index in [1.165, 1.54) is 18.3 Å². The molecule has 1 aromatic heterocycles. The Bertz CT molecular complexity index is 845. The summed E-state index contributed by atoms with van der Waals surface area (Å²) in [6.45, 7) is 5.02. The van der Waals surface area contributed by atoms with E-state index in [9.17, 15) is 18.0 Å². The number of nitrogens with one attached hydrogen (secondary N) is 1. The first-order valence-corrected chi connectivity index (χ1v) is 10.1. The predicted molar refractivity (Wildman–Crippen MR) is 106 cm³/mol. The van der Waals surface area contributed by atoms with Gasteiger partial charge in [-0.05, 0) is 38.3 Å². The minimum atomic E-state index is -4.43. The molecule has 2 heterocycles. The number of nitrogens with zero attached hydrogens (tertiary/aromatic N) is 3. The summed E-state index contributed by atoms with van der Waals surface area (Å²) < 4.78 is 47.3. The second kappa shape index (κ2) is 9.51. The maximum absolute atomic E-state index is 13.3. The van der Waals surface area contributed by atoms with Crippen LogP contribution in [-0.2, 0) is 24.0 Å². The Hall–Kier alpha value is -2.55. The van der Waals surface area contributed by atoms with E-state index in [1.54, 1.807) is 21.7 Å². The fourth-order valence-electron chi connectivity index (χ4n) is 3.52. The molecule has 164 valence electrons. The summed E-state index contributed by atoms with van der Waals surface area (Å²) in [5.74, 6) is 0.517. The number of hydrogen-bond donors (Lipinski definition) is 1. The van der Waals surface area contributed by atoms with Gasteiger partial charge in [0.05, 0.1) is 18.2 Å². The van der Waals surface area contributed by atoms with Gasteiger partial charge in [0.25, 0.3) is 0 Å². The van der Waals surface area contributed by atoms with Crippen LogP contribution in [0.4, 0.5) is 18.0 Å². The molecular weight excluding hydrogens is 397 g/mol. The molecule has 0 bridgehead atoms. The number of halogens is 3. The van der Waals surface area contributed by atoms with Gasteiger partial charge in [0.1, 0.15) is 5.82 Å². The molecule has 1 aromatic carbocycles. The van der Waals surface area contributed by atoms with Crippen LogP contribution < -0.4 is 5.32 Å². The van der Waals surface area contributed by atoms with Gasteiger partial charge in [-0.15, -0.1) is 0 Å². The summed E-state index contributed by atoms with van der Waals surface area (Å²) in [5.41, 5.74) is -0.514. The zero-order valence-electron chi connectivity index (χ0n) is 17.2. The van der Waals surface area contributed by atoms with Gasteiger partial charge in [-0.3, -0.25) is 0 Å². The first kappa shape index (κ1) is 22.1. The summed E-state index contributed by atoms with van der Waals surface area (Å²) in [7, 11) is 0. The lowest BCUT2D eigenvalue weighted by atomic mass is 10.1. The van der Waals surface area contributed by atoms with Crippen LogP contribution in [0.15, 0.2) is 36.7 Å². The quantitative estimate of drug-likeness (QED) is 0.730. The molecule has 0 radical (unpaired) electrons. The Labute approximate surface area is 174 Å². The third-order valence-electron chi connectivity index (χ3n) is 4.94. The molecule has 6 nitrogen and oxygen atoms in total. The number of alkyl halides is 3. The van der Waals surface area contributed by atoms with Crippen LogP contribution in [-0.4, -0.2) is 45.8 Å². The van der Waals surface area contributed by atoms with Gasteiger partial charge in [0.2, 0.25) is 0 Å². The fraction of sp³-hybridized carbons (Fsp3) is 0.524. The van der Waals surface area contributed by atoms with Crippen molar-refractivity contribution < 1.29 is 22.7 Å². The lowest BCUT2D eigenvalue weighted by Crippen LogP contribution is -2.46. The van der Waals surface area contributed by atoms with Crippen molar-refractivity contribution in [3.8, 4) is 0 Å². The Morgan fingerprint density at radius 3 is 2.80 bits per heavy atom. The molecule has 1 aliphatic rings. The van der Waals surface area contributed by atoms with Crippen molar-refractivity contribution in [2.45, 2.75) is 58.1 Å². The maximum Gasteiger partial charge on any atom is 0.416 e. The summed E-state index contributed by atoms with van der Waals surface area (Å²) in [5, 5.41) is 2.87. The molecule has 0 saturated carbocycles. The van der Waals surface area contributed by atoms with E-state index in [1.807, 2.05) is 13.8 Å². The van der Waals surface area contributed by atoms with Gasteiger partial charge in [0, 0.05) is 38.1 Å².